The molecule has 0 bridgehead atoms. The maximum Gasteiger partial charge on any atom is 0.405 e. The van der Waals surface area contributed by atoms with Gasteiger partial charge in [-0.25, -0.2) is 0 Å². The fourth-order valence-corrected chi connectivity index (χ4v) is 2.81. The quantitative estimate of drug-likeness (QED) is 0.835. The standard InChI is InChI=1S/C16H19F3N2O2/c1-10-6-7-13(12-5-3-2-4-11(10)12)21-15(23)8-14(22)20-9-16(17,18)19/h2-5,10,13H,6-9H2,1H3,(H,20,22)(H,21,23)/t10-,13+/m0/s1. The average molecular weight is 328 g/mol. The van der Waals surface area contributed by atoms with Crippen LogP contribution in [0, 0.1) is 0 Å². The van der Waals surface area contributed by atoms with Gasteiger partial charge in [-0.1, -0.05) is 31.2 Å². The van der Waals surface area contributed by atoms with E-state index in [0.29, 0.717) is 5.92 Å². The van der Waals surface area contributed by atoms with Crippen molar-refractivity contribution >= 4 is 11.8 Å². The van der Waals surface area contributed by atoms with Gasteiger partial charge >= 0.3 is 6.18 Å². The Kier molecular flexibility index (Phi) is 5.28. The molecule has 1 aliphatic rings. The first-order valence-electron chi connectivity index (χ1n) is 7.48. The number of fused-ring (bicyclic) bond motifs is 1. The second-order valence-corrected chi connectivity index (χ2v) is 5.80. The summed E-state index contributed by atoms with van der Waals surface area (Å²) in [4.78, 5) is 23.3. The summed E-state index contributed by atoms with van der Waals surface area (Å²) in [5, 5.41) is 4.43. The van der Waals surface area contributed by atoms with Gasteiger partial charge in [-0.15, -0.1) is 0 Å². The molecule has 1 aliphatic carbocycles. The van der Waals surface area contributed by atoms with Crippen molar-refractivity contribution in [3.63, 3.8) is 0 Å². The molecule has 7 heteroatoms. The van der Waals surface area contributed by atoms with Crippen molar-refractivity contribution in [2.75, 3.05) is 6.54 Å². The smallest absolute Gasteiger partial charge is 0.349 e. The molecule has 2 atom stereocenters. The Hall–Kier alpha value is -2.05. The first kappa shape index (κ1) is 17.3. The van der Waals surface area contributed by atoms with Gasteiger partial charge in [0, 0.05) is 0 Å². The summed E-state index contributed by atoms with van der Waals surface area (Å²) in [5.41, 5.74) is 2.17. The topological polar surface area (TPSA) is 58.2 Å². The van der Waals surface area contributed by atoms with Crippen LogP contribution in [0.5, 0.6) is 0 Å². The highest BCUT2D eigenvalue weighted by Crippen LogP contribution is 2.36. The van der Waals surface area contributed by atoms with Gasteiger partial charge in [-0.3, -0.25) is 9.59 Å². The van der Waals surface area contributed by atoms with E-state index in [-0.39, 0.29) is 6.04 Å². The maximum atomic E-state index is 12.0. The van der Waals surface area contributed by atoms with E-state index in [1.54, 1.807) is 5.32 Å². The first-order chi connectivity index (χ1) is 10.8. The van der Waals surface area contributed by atoms with Crippen LogP contribution in [-0.4, -0.2) is 24.5 Å². The molecule has 2 amide bonds. The zero-order valence-electron chi connectivity index (χ0n) is 12.7. The predicted octanol–water partition coefficient (Wildman–Crippen LogP) is 2.81. The molecule has 1 aromatic rings. The minimum atomic E-state index is -4.48. The van der Waals surface area contributed by atoms with Crippen LogP contribution < -0.4 is 10.6 Å². The zero-order chi connectivity index (χ0) is 17.0. The van der Waals surface area contributed by atoms with Crippen LogP contribution in [0.2, 0.25) is 0 Å². The highest BCUT2D eigenvalue weighted by atomic mass is 19.4. The van der Waals surface area contributed by atoms with Gasteiger partial charge in [0.2, 0.25) is 11.8 Å². The number of carbonyl (C=O) groups excluding carboxylic acids is 2. The van der Waals surface area contributed by atoms with Crippen LogP contribution >= 0.6 is 0 Å². The number of benzene rings is 1. The van der Waals surface area contributed by atoms with Crippen LogP contribution in [0.15, 0.2) is 24.3 Å². The Balaban J connectivity index is 1.91. The van der Waals surface area contributed by atoms with Crippen LogP contribution in [0.3, 0.4) is 0 Å². The number of hydrogen-bond acceptors (Lipinski definition) is 2. The minimum Gasteiger partial charge on any atom is -0.349 e. The molecule has 0 saturated heterocycles. The van der Waals surface area contributed by atoms with E-state index in [4.69, 9.17) is 0 Å². The molecular formula is C16H19F3N2O2. The monoisotopic (exact) mass is 328 g/mol. The number of nitrogens with one attached hydrogen (secondary N) is 2. The molecule has 0 heterocycles. The van der Waals surface area contributed by atoms with E-state index in [0.717, 1.165) is 24.0 Å². The van der Waals surface area contributed by atoms with Gasteiger partial charge in [0.05, 0.1) is 6.04 Å². The summed E-state index contributed by atoms with van der Waals surface area (Å²) in [6, 6.07) is 7.55. The Morgan fingerprint density at radius 2 is 1.78 bits per heavy atom. The van der Waals surface area contributed by atoms with Crippen molar-refractivity contribution in [1.29, 1.82) is 0 Å². The number of alkyl halides is 3. The summed E-state index contributed by atoms with van der Waals surface area (Å²) < 4.78 is 36.0. The molecule has 0 saturated carbocycles. The molecule has 0 aliphatic heterocycles. The van der Waals surface area contributed by atoms with Crippen LogP contribution in [-0.2, 0) is 9.59 Å². The normalized spacial score (nSPS) is 20.5. The lowest BCUT2D eigenvalue weighted by Crippen LogP contribution is -2.38. The van der Waals surface area contributed by atoms with Crippen LogP contribution in [0.25, 0.3) is 0 Å². The summed E-state index contributed by atoms with van der Waals surface area (Å²) in [6.45, 7) is 0.685. The van der Waals surface area contributed by atoms with Crippen molar-refractivity contribution in [2.45, 2.75) is 44.3 Å². The van der Waals surface area contributed by atoms with Gasteiger partial charge < -0.3 is 10.6 Å². The van der Waals surface area contributed by atoms with E-state index in [2.05, 4.69) is 12.2 Å². The second-order valence-electron chi connectivity index (χ2n) is 5.80. The highest BCUT2D eigenvalue weighted by molar-refractivity contribution is 5.97. The van der Waals surface area contributed by atoms with Gasteiger partial charge in [0.25, 0.3) is 0 Å². The van der Waals surface area contributed by atoms with Gasteiger partial charge in [0.15, 0.2) is 0 Å². The number of hydrogen-bond donors (Lipinski definition) is 2. The van der Waals surface area contributed by atoms with E-state index in [1.807, 2.05) is 24.3 Å². The van der Waals surface area contributed by atoms with Gasteiger partial charge in [0.1, 0.15) is 13.0 Å². The fraction of sp³-hybridized carbons (Fsp3) is 0.500. The molecule has 0 aromatic heterocycles. The third-order valence-electron chi connectivity index (χ3n) is 3.93. The second kappa shape index (κ2) is 7.02. The third-order valence-corrected chi connectivity index (χ3v) is 3.93. The maximum absolute atomic E-state index is 12.0. The lowest BCUT2D eigenvalue weighted by atomic mass is 9.81. The Morgan fingerprint density at radius 3 is 2.43 bits per heavy atom. The molecular weight excluding hydrogens is 309 g/mol. The largest absolute Gasteiger partial charge is 0.405 e. The van der Waals surface area contributed by atoms with Crippen molar-refractivity contribution in [1.82, 2.24) is 10.6 Å². The predicted molar refractivity (Wildman–Crippen MR) is 78.7 cm³/mol. The Labute approximate surface area is 132 Å². The summed E-state index contributed by atoms with van der Waals surface area (Å²) >= 11 is 0. The molecule has 2 rings (SSSR count). The lowest BCUT2D eigenvalue weighted by Gasteiger charge is -2.30. The fourth-order valence-electron chi connectivity index (χ4n) is 2.81. The molecule has 1 aromatic carbocycles. The average Bonchev–Trinajstić information content (AvgIpc) is 2.48. The summed E-state index contributed by atoms with van der Waals surface area (Å²) in [7, 11) is 0. The molecule has 0 radical (unpaired) electrons. The highest BCUT2D eigenvalue weighted by Gasteiger charge is 2.29. The van der Waals surface area contributed by atoms with E-state index >= 15 is 0 Å². The minimum absolute atomic E-state index is 0.203. The first-order valence-corrected chi connectivity index (χ1v) is 7.48. The SMILES string of the molecule is C[C@H]1CC[C@@H](NC(=O)CC(=O)NCC(F)(F)F)c2ccccc21. The van der Waals surface area contributed by atoms with Crippen LogP contribution in [0.4, 0.5) is 13.2 Å². The Morgan fingerprint density at radius 1 is 1.13 bits per heavy atom. The van der Waals surface area contributed by atoms with E-state index < -0.39 is 31.0 Å². The Bertz CT molecular complexity index is 587. The number of amides is 2. The molecule has 0 fully saturated rings. The number of halogens is 3. The van der Waals surface area contributed by atoms with E-state index in [1.165, 1.54) is 0 Å². The summed E-state index contributed by atoms with van der Waals surface area (Å²) in [5.74, 6) is -1.11. The number of carbonyl (C=O) groups is 2. The lowest BCUT2D eigenvalue weighted by molar-refractivity contribution is -0.140. The summed E-state index contributed by atoms with van der Waals surface area (Å²) in [6.07, 6.45) is -3.44. The van der Waals surface area contributed by atoms with Crippen LogP contribution in [0.1, 0.15) is 49.3 Å². The van der Waals surface area contributed by atoms with E-state index in [9.17, 15) is 22.8 Å². The molecule has 2 N–H and O–H groups in total. The molecule has 0 unspecified atom stereocenters. The third kappa shape index (κ3) is 4.97. The molecule has 126 valence electrons. The van der Waals surface area contributed by atoms with Crippen molar-refractivity contribution < 1.29 is 22.8 Å². The van der Waals surface area contributed by atoms with Gasteiger partial charge in [-0.2, -0.15) is 13.2 Å². The van der Waals surface area contributed by atoms with Crippen molar-refractivity contribution in [3.05, 3.63) is 35.4 Å². The molecule has 23 heavy (non-hydrogen) atoms. The molecule has 0 spiro atoms. The van der Waals surface area contributed by atoms with Crippen molar-refractivity contribution in [3.8, 4) is 0 Å². The zero-order valence-corrected chi connectivity index (χ0v) is 12.7. The van der Waals surface area contributed by atoms with Crippen molar-refractivity contribution in [2.24, 2.45) is 0 Å². The number of rotatable bonds is 4. The van der Waals surface area contributed by atoms with Gasteiger partial charge in [-0.05, 0) is 29.9 Å². The molecule has 4 nitrogen and oxygen atoms in total.